The molecule has 0 atom stereocenters. The van der Waals surface area contributed by atoms with Gasteiger partial charge in [-0.25, -0.2) is 8.42 Å². The number of hydrogen-bond donors (Lipinski definition) is 2. The summed E-state index contributed by atoms with van der Waals surface area (Å²) in [6.07, 6.45) is 5.19. The summed E-state index contributed by atoms with van der Waals surface area (Å²) in [5.41, 5.74) is 0.938. The van der Waals surface area contributed by atoms with E-state index in [1.807, 2.05) is 30.3 Å². The molecule has 216 valence electrons. The lowest BCUT2D eigenvalue weighted by Gasteiger charge is -2.25. The molecular weight excluding hydrogens is 550 g/mol. The monoisotopic (exact) mass is 583 g/mol. The van der Waals surface area contributed by atoms with Crippen molar-refractivity contribution in [2.24, 2.45) is 0 Å². The molecule has 5 rings (SSSR count). The number of carbonyl (C=O) groups excluding carboxylic acids is 2. The highest BCUT2D eigenvalue weighted by Gasteiger charge is 2.28. The maximum atomic E-state index is 13.7. The molecule has 0 saturated heterocycles. The van der Waals surface area contributed by atoms with E-state index in [-0.39, 0.29) is 22.5 Å². The molecule has 4 aromatic rings. The van der Waals surface area contributed by atoms with Crippen LogP contribution in [0.5, 0.6) is 11.5 Å². The summed E-state index contributed by atoms with van der Waals surface area (Å²) < 4.78 is 34.4. The Hall–Kier alpha value is -4.63. The van der Waals surface area contributed by atoms with Gasteiger partial charge >= 0.3 is 0 Å². The molecule has 4 aromatic carbocycles. The zero-order chi connectivity index (χ0) is 29.4. The lowest BCUT2D eigenvalue weighted by Crippen LogP contribution is -2.39. The summed E-state index contributed by atoms with van der Waals surface area (Å²) >= 11 is 0. The van der Waals surface area contributed by atoms with Crippen LogP contribution in [0.2, 0.25) is 0 Å². The summed E-state index contributed by atoms with van der Waals surface area (Å²) in [5.74, 6) is 0.312. The van der Waals surface area contributed by atoms with Gasteiger partial charge in [-0.1, -0.05) is 67.8 Å². The van der Waals surface area contributed by atoms with Crippen molar-refractivity contribution >= 4 is 33.2 Å². The predicted molar refractivity (Wildman–Crippen MR) is 163 cm³/mol. The molecule has 0 aliphatic heterocycles. The molecule has 2 amide bonds. The Morgan fingerprint density at radius 1 is 0.738 bits per heavy atom. The molecule has 1 saturated carbocycles. The van der Waals surface area contributed by atoms with Crippen molar-refractivity contribution in [3.05, 3.63) is 115 Å². The summed E-state index contributed by atoms with van der Waals surface area (Å²) in [4.78, 5) is 26.5. The molecule has 0 heterocycles. The number of carbonyl (C=O) groups is 2. The molecule has 2 N–H and O–H groups in total. The minimum Gasteiger partial charge on any atom is -0.457 e. The van der Waals surface area contributed by atoms with Crippen LogP contribution in [0.4, 0.5) is 11.4 Å². The fourth-order valence-electron chi connectivity index (χ4n) is 4.96. The van der Waals surface area contributed by atoms with Crippen LogP contribution in [0.25, 0.3) is 0 Å². The van der Waals surface area contributed by atoms with Gasteiger partial charge in [0.1, 0.15) is 18.0 Å². The molecule has 0 unspecified atom stereocenters. The minimum absolute atomic E-state index is 0.0506. The van der Waals surface area contributed by atoms with Gasteiger partial charge in [-0.15, -0.1) is 0 Å². The second kappa shape index (κ2) is 13.4. The van der Waals surface area contributed by atoms with E-state index < -0.39 is 22.5 Å². The van der Waals surface area contributed by atoms with Crippen LogP contribution in [0.3, 0.4) is 0 Å². The van der Waals surface area contributed by atoms with Crippen molar-refractivity contribution in [1.29, 1.82) is 0 Å². The van der Waals surface area contributed by atoms with Crippen molar-refractivity contribution in [3.8, 4) is 11.5 Å². The first-order valence-electron chi connectivity index (χ1n) is 14.0. The zero-order valence-electron chi connectivity index (χ0n) is 23.1. The molecule has 0 bridgehead atoms. The maximum absolute atomic E-state index is 13.7. The molecule has 0 aromatic heterocycles. The van der Waals surface area contributed by atoms with E-state index in [9.17, 15) is 18.0 Å². The van der Waals surface area contributed by atoms with Crippen LogP contribution in [0, 0.1) is 0 Å². The normalized spacial score (nSPS) is 13.6. The SMILES string of the molecule is O=C(CN(c1ccc(Oc2ccccc2)cc1)S(=O)(=O)c1ccccc1)Nc1ccccc1C(=O)NC1CCCCC1. The number of para-hydroxylation sites is 2. The Morgan fingerprint density at radius 3 is 2.02 bits per heavy atom. The highest BCUT2D eigenvalue weighted by molar-refractivity contribution is 7.92. The van der Waals surface area contributed by atoms with E-state index in [4.69, 9.17) is 4.74 Å². The lowest BCUT2D eigenvalue weighted by molar-refractivity contribution is -0.114. The first-order valence-corrected chi connectivity index (χ1v) is 15.4. The van der Waals surface area contributed by atoms with E-state index in [0.717, 1.165) is 30.0 Å². The van der Waals surface area contributed by atoms with Gasteiger partial charge in [0.25, 0.3) is 15.9 Å². The van der Waals surface area contributed by atoms with Crippen LogP contribution in [-0.2, 0) is 14.8 Å². The molecule has 8 nitrogen and oxygen atoms in total. The number of ether oxygens (including phenoxy) is 1. The number of anilines is 2. The molecular formula is C33H33N3O5S. The van der Waals surface area contributed by atoms with E-state index in [1.165, 1.54) is 18.6 Å². The van der Waals surface area contributed by atoms with Crippen LogP contribution in [0.1, 0.15) is 42.5 Å². The van der Waals surface area contributed by atoms with Crippen LogP contribution in [-0.4, -0.2) is 32.8 Å². The highest BCUT2D eigenvalue weighted by atomic mass is 32.2. The quantitative estimate of drug-likeness (QED) is 0.226. The Kier molecular flexibility index (Phi) is 9.18. The fraction of sp³-hybridized carbons (Fsp3) is 0.212. The largest absolute Gasteiger partial charge is 0.457 e. The smallest absolute Gasteiger partial charge is 0.264 e. The molecule has 9 heteroatoms. The second-order valence-corrected chi connectivity index (χ2v) is 12.0. The summed E-state index contributed by atoms with van der Waals surface area (Å²) in [7, 11) is -4.11. The molecule has 42 heavy (non-hydrogen) atoms. The molecule has 1 fully saturated rings. The van der Waals surface area contributed by atoms with Crippen molar-refractivity contribution in [2.45, 2.75) is 43.0 Å². The van der Waals surface area contributed by atoms with Gasteiger partial charge in [0.05, 0.1) is 21.8 Å². The number of nitrogens with one attached hydrogen (secondary N) is 2. The first kappa shape index (κ1) is 28.9. The number of sulfonamides is 1. The average molecular weight is 584 g/mol. The third-order valence-corrected chi connectivity index (χ3v) is 8.90. The van der Waals surface area contributed by atoms with Crippen molar-refractivity contribution in [2.75, 3.05) is 16.2 Å². The molecule has 1 aliphatic rings. The molecule has 0 radical (unpaired) electrons. The van der Waals surface area contributed by atoms with Crippen LogP contribution in [0.15, 0.2) is 114 Å². The van der Waals surface area contributed by atoms with Gasteiger partial charge in [-0.3, -0.25) is 13.9 Å². The van der Waals surface area contributed by atoms with Crippen LogP contribution >= 0.6 is 0 Å². The fourth-order valence-corrected chi connectivity index (χ4v) is 6.40. The van der Waals surface area contributed by atoms with Crippen molar-refractivity contribution in [1.82, 2.24) is 5.32 Å². The van der Waals surface area contributed by atoms with E-state index in [1.54, 1.807) is 66.7 Å². The standard InChI is InChI=1S/C33H33N3O5S/c37-32(35-31-19-11-10-18-30(31)33(38)34-25-12-4-1-5-13-25)24-36(42(39,40)29-16-8-3-9-17-29)26-20-22-28(23-21-26)41-27-14-6-2-7-15-27/h2-3,6-11,14-23,25H,1,4-5,12-13,24H2,(H,34,38)(H,35,37). The Morgan fingerprint density at radius 2 is 1.33 bits per heavy atom. The number of rotatable bonds is 10. The highest BCUT2D eigenvalue weighted by Crippen LogP contribution is 2.28. The second-order valence-electron chi connectivity index (χ2n) is 10.1. The predicted octanol–water partition coefficient (Wildman–Crippen LogP) is 6.38. The number of hydrogen-bond acceptors (Lipinski definition) is 5. The zero-order valence-corrected chi connectivity index (χ0v) is 23.9. The molecule has 0 spiro atoms. The van der Waals surface area contributed by atoms with E-state index >= 15 is 0 Å². The average Bonchev–Trinajstić information content (AvgIpc) is 3.02. The topological polar surface area (TPSA) is 105 Å². The van der Waals surface area contributed by atoms with Crippen molar-refractivity contribution < 1.29 is 22.7 Å². The van der Waals surface area contributed by atoms with Gasteiger partial charge in [0, 0.05) is 6.04 Å². The van der Waals surface area contributed by atoms with Crippen molar-refractivity contribution in [3.63, 3.8) is 0 Å². The van der Waals surface area contributed by atoms with E-state index in [2.05, 4.69) is 10.6 Å². The summed E-state index contributed by atoms with van der Waals surface area (Å²) in [6, 6.07) is 30.5. The van der Waals surface area contributed by atoms with Gasteiger partial charge < -0.3 is 15.4 Å². The third-order valence-electron chi connectivity index (χ3n) is 7.11. The third kappa shape index (κ3) is 7.16. The van der Waals surface area contributed by atoms with Crippen LogP contribution < -0.4 is 19.7 Å². The van der Waals surface area contributed by atoms with E-state index in [0.29, 0.717) is 22.7 Å². The maximum Gasteiger partial charge on any atom is 0.264 e. The Balaban J connectivity index is 1.37. The first-order chi connectivity index (χ1) is 20.4. The minimum atomic E-state index is -4.11. The summed E-state index contributed by atoms with van der Waals surface area (Å²) in [6.45, 7) is -0.505. The number of nitrogens with zero attached hydrogens (tertiary/aromatic N) is 1. The Bertz CT molecular complexity index is 1600. The molecule has 1 aliphatic carbocycles. The van der Waals surface area contributed by atoms with Gasteiger partial charge in [-0.2, -0.15) is 0 Å². The van der Waals surface area contributed by atoms with Gasteiger partial charge in [0.15, 0.2) is 0 Å². The Labute approximate surface area is 246 Å². The number of benzene rings is 4. The van der Waals surface area contributed by atoms with Gasteiger partial charge in [0.2, 0.25) is 5.91 Å². The summed E-state index contributed by atoms with van der Waals surface area (Å²) in [5, 5.41) is 5.84. The lowest BCUT2D eigenvalue weighted by atomic mass is 9.95. The number of amides is 2. The van der Waals surface area contributed by atoms with Gasteiger partial charge in [-0.05, 0) is 73.5 Å².